The Bertz CT molecular complexity index is 1910. The SMILES string of the molecule is CCOC(=O)CN(C)C(=O)OCN(c1ccc(F)c(-c2nn(CCF)cc2-c2ccnc(N)n2)c1F)S(=O)(=O)c1cc(F)ccc1F. The Morgan fingerprint density at radius 1 is 1.04 bits per heavy atom. The first-order valence-electron chi connectivity index (χ1n) is 13.5. The van der Waals surface area contributed by atoms with Gasteiger partial charge in [0.05, 0.1) is 30.1 Å². The molecule has 0 aliphatic carbocycles. The number of nitrogen functional groups attached to an aromatic ring is 1. The standard InChI is InChI=1S/C28H26F5N7O6S/c1-3-45-23(41)14-38(2)28(42)46-15-40(47(43,44)22-12-16(30)4-5-18(22)31)21-7-6-19(32)24(25(21)33)26-17(13-39(37-26)11-9-29)20-8-10-35-27(34)36-20/h4-8,10,12-13H,3,9,11,14-15H2,1-2H3,(H2,34,35,36). The van der Waals surface area contributed by atoms with Crippen LogP contribution in [0.4, 0.5) is 38.4 Å². The van der Waals surface area contributed by atoms with Gasteiger partial charge in [-0.1, -0.05) is 0 Å². The minimum Gasteiger partial charge on any atom is -0.465 e. The normalized spacial score (nSPS) is 11.3. The van der Waals surface area contributed by atoms with E-state index >= 15 is 8.78 Å². The molecule has 0 fully saturated rings. The molecule has 2 heterocycles. The fourth-order valence-corrected chi connectivity index (χ4v) is 5.63. The number of aromatic nitrogens is 4. The van der Waals surface area contributed by atoms with Crippen LogP contribution < -0.4 is 10.0 Å². The molecule has 0 aliphatic rings. The maximum absolute atomic E-state index is 16.5. The molecule has 2 aromatic carbocycles. The van der Waals surface area contributed by atoms with Gasteiger partial charge in [-0.05, 0) is 43.3 Å². The van der Waals surface area contributed by atoms with Crippen LogP contribution in [-0.2, 0) is 30.8 Å². The quantitative estimate of drug-likeness (QED) is 0.132. The molecule has 2 N–H and O–H groups in total. The Hall–Kier alpha value is -5.33. The monoisotopic (exact) mass is 683 g/mol. The number of halogens is 5. The van der Waals surface area contributed by atoms with E-state index in [0.717, 1.165) is 11.7 Å². The third-order valence-corrected chi connectivity index (χ3v) is 8.10. The lowest BCUT2D eigenvalue weighted by Crippen LogP contribution is -2.39. The second-order valence-electron chi connectivity index (χ2n) is 9.53. The number of hydrogen-bond donors (Lipinski definition) is 1. The molecule has 47 heavy (non-hydrogen) atoms. The number of carbonyl (C=O) groups is 2. The molecule has 0 atom stereocenters. The molecule has 0 radical (unpaired) electrons. The number of nitrogens with zero attached hydrogens (tertiary/aromatic N) is 6. The summed E-state index contributed by atoms with van der Waals surface area (Å²) in [5.41, 5.74) is 3.24. The average Bonchev–Trinajstić information content (AvgIpc) is 3.42. The van der Waals surface area contributed by atoms with Gasteiger partial charge >= 0.3 is 12.1 Å². The maximum atomic E-state index is 16.5. The van der Waals surface area contributed by atoms with Gasteiger partial charge in [0.2, 0.25) is 5.95 Å². The van der Waals surface area contributed by atoms with Gasteiger partial charge in [-0.15, -0.1) is 0 Å². The Morgan fingerprint density at radius 2 is 1.77 bits per heavy atom. The van der Waals surface area contributed by atoms with Crippen molar-refractivity contribution in [2.75, 3.05) is 43.6 Å². The van der Waals surface area contributed by atoms with E-state index in [2.05, 4.69) is 15.1 Å². The molecule has 0 unspecified atom stereocenters. The molecule has 19 heteroatoms. The topological polar surface area (TPSA) is 163 Å². The van der Waals surface area contributed by atoms with Crippen molar-refractivity contribution in [2.45, 2.75) is 18.4 Å². The second kappa shape index (κ2) is 14.4. The van der Waals surface area contributed by atoms with Crippen molar-refractivity contribution in [1.82, 2.24) is 24.6 Å². The third kappa shape index (κ3) is 7.56. The zero-order chi connectivity index (χ0) is 34.5. The number of anilines is 2. The van der Waals surface area contributed by atoms with E-state index < -0.39 is 87.1 Å². The van der Waals surface area contributed by atoms with Crippen LogP contribution in [0.5, 0.6) is 0 Å². The summed E-state index contributed by atoms with van der Waals surface area (Å²) in [6, 6.07) is 4.08. The predicted octanol–water partition coefficient (Wildman–Crippen LogP) is 3.90. The van der Waals surface area contributed by atoms with Gasteiger partial charge < -0.3 is 20.1 Å². The van der Waals surface area contributed by atoms with Gasteiger partial charge in [0, 0.05) is 25.0 Å². The van der Waals surface area contributed by atoms with Crippen LogP contribution in [0.15, 0.2) is 53.7 Å². The minimum absolute atomic E-state index is 0.00252. The molecule has 13 nitrogen and oxygen atoms in total. The second-order valence-corrected chi connectivity index (χ2v) is 11.4. The number of nitrogens with two attached hydrogens (primary N) is 1. The Kier molecular flexibility index (Phi) is 10.6. The zero-order valence-electron chi connectivity index (χ0n) is 24.7. The number of likely N-dealkylation sites (N-methyl/N-ethyl adjacent to an activating group) is 1. The predicted molar refractivity (Wildman–Crippen MR) is 156 cm³/mol. The summed E-state index contributed by atoms with van der Waals surface area (Å²) >= 11 is 0. The Balaban J connectivity index is 1.87. The van der Waals surface area contributed by atoms with Crippen molar-refractivity contribution >= 4 is 33.7 Å². The summed E-state index contributed by atoms with van der Waals surface area (Å²) in [7, 11) is -4.20. The van der Waals surface area contributed by atoms with Gasteiger partial charge in [-0.3, -0.25) is 9.48 Å². The van der Waals surface area contributed by atoms with Crippen molar-refractivity contribution in [3.8, 4) is 22.5 Å². The molecule has 1 amide bonds. The lowest BCUT2D eigenvalue weighted by atomic mass is 10.0. The molecular weight excluding hydrogens is 657 g/mol. The smallest absolute Gasteiger partial charge is 0.411 e. The number of sulfonamides is 1. The number of hydrogen-bond acceptors (Lipinski definition) is 10. The number of alkyl halides is 1. The molecule has 0 bridgehead atoms. The van der Waals surface area contributed by atoms with Gasteiger partial charge in [0.25, 0.3) is 10.0 Å². The first-order chi connectivity index (χ1) is 22.3. The molecule has 4 rings (SSSR count). The molecular formula is C28H26F5N7O6S. The summed E-state index contributed by atoms with van der Waals surface area (Å²) in [5, 5.41) is 4.07. The van der Waals surface area contributed by atoms with Crippen molar-refractivity contribution in [3.05, 3.63) is 72.1 Å². The number of benzene rings is 2. The van der Waals surface area contributed by atoms with Gasteiger partial charge in [0.15, 0.2) is 12.5 Å². The lowest BCUT2D eigenvalue weighted by Gasteiger charge is -2.26. The van der Waals surface area contributed by atoms with E-state index in [-0.39, 0.29) is 34.7 Å². The summed E-state index contributed by atoms with van der Waals surface area (Å²) < 4.78 is 112. The molecule has 4 aromatic rings. The minimum atomic E-state index is -5.31. The van der Waals surface area contributed by atoms with Crippen molar-refractivity contribution in [2.24, 2.45) is 0 Å². The molecule has 0 spiro atoms. The third-order valence-electron chi connectivity index (χ3n) is 6.35. The fraction of sp³-hybridized carbons (Fsp3) is 0.250. The summed E-state index contributed by atoms with van der Waals surface area (Å²) in [4.78, 5) is 31.6. The molecule has 0 aliphatic heterocycles. The molecule has 0 saturated carbocycles. The summed E-state index contributed by atoms with van der Waals surface area (Å²) in [5.74, 6) is -6.54. The number of carbonyl (C=O) groups excluding carboxylic acids is 2. The van der Waals surface area contributed by atoms with Crippen molar-refractivity contribution in [1.29, 1.82) is 0 Å². The van der Waals surface area contributed by atoms with E-state index in [1.54, 1.807) is 0 Å². The largest absolute Gasteiger partial charge is 0.465 e. The highest BCUT2D eigenvalue weighted by Crippen LogP contribution is 2.38. The lowest BCUT2D eigenvalue weighted by molar-refractivity contribution is -0.143. The van der Waals surface area contributed by atoms with E-state index in [1.165, 1.54) is 25.4 Å². The summed E-state index contributed by atoms with van der Waals surface area (Å²) in [6.07, 6.45) is 1.17. The number of aryl methyl sites for hydroxylation is 1. The highest BCUT2D eigenvalue weighted by Gasteiger charge is 2.34. The van der Waals surface area contributed by atoms with Crippen molar-refractivity contribution < 1.29 is 49.4 Å². The summed E-state index contributed by atoms with van der Waals surface area (Å²) in [6.45, 7) is -1.72. The number of rotatable bonds is 12. The first kappa shape index (κ1) is 34.5. The number of amides is 1. The van der Waals surface area contributed by atoms with Crippen LogP contribution in [0.1, 0.15) is 6.92 Å². The highest BCUT2D eigenvalue weighted by atomic mass is 32.2. The van der Waals surface area contributed by atoms with Crippen LogP contribution in [-0.4, -0.2) is 78.7 Å². The Labute approximate surface area is 264 Å². The molecule has 250 valence electrons. The van der Waals surface area contributed by atoms with E-state index in [1.807, 2.05) is 0 Å². The van der Waals surface area contributed by atoms with Gasteiger partial charge in [0.1, 0.15) is 41.3 Å². The Morgan fingerprint density at radius 3 is 2.45 bits per heavy atom. The van der Waals surface area contributed by atoms with Crippen LogP contribution in [0.2, 0.25) is 0 Å². The van der Waals surface area contributed by atoms with Crippen molar-refractivity contribution in [3.63, 3.8) is 0 Å². The van der Waals surface area contributed by atoms with Gasteiger partial charge in [-0.25, -0.2) is 49.4 Å². The van der Waals surface area contributed by atoms with Crippen LogP contribution in [0.25, 0.3) is 22.5 Å². The maximum Gasteiger partial charge on any atom is 0.411 e. The number of ether oxygens (including phenoxy) is 2. The van der Waals surface area contributed by atoms with Gasteiger partial charge in [-0.2, -0.15) is 5.10 Å². The van der Waals surface area contributed by atoms with Crippen LogP contribution in [0.3, 0.4) is 0 Å². The zero-order valence-corrected chi connectivity index (χ0v) is 25.5. The van der Waals surface area contributed by atoms with E-state index in [4.69, 9.17) is 15.2 Å². The highest BCUT2D eigenvalue weighted by molar-refractivity contribution is 7.92. The first-order valence-corrected chi connectivity index (χ1v) is 14.9. The molecule has 2 aromatic heterocycles. The van der Waals surface area contributed by atoms with E-state index in [0.29, 0.717) is 35.2 Å². The van der Waals surface area contributed by atoms with E-state index in [9.17, 15) is 31.2 Å². The van der Waals surface area contributed by atoms with Crippen LogP contribution >= 0.6 is 0 Å². The van der Waals surface area contributed by atoms with Crippen LogP contribution in [0, 0.1) is 23.3 Å². The fourth-order valence-electron chi connectivity index (χ4n) is 4.22. The average molecular weight is 684 g/mol. The number of esters is 1. The molecule has 0 saturated heterocycles.